The molecule has 2 aromatic carbocycles. The van der Waals surface area contributed by atoms with Crippen LogP contribution in [0.4, 0.5) is 4.39 Å². The molecule has 0 unspecified atom stereocenters. The number of hydrogen-bond donors (Lipinski definition) is 0. The number of morpholine rings is 1. The lowest BCUT2D eigenvalue weighted by atomic mass is 10.2. The minimum Gasteiger partial charge on any atom is -0.488 e. The third-order valence-corrected chi connectivity index (χ3v) is 4.53. The van der Waals surface area contributed by atoms with Gasteiger partial charge in [-0.3, -0.25) is 9.88 Å². The van der Waals surface area contributed by atoms with E-state index in [4.69, 9.17) is 9.47 Å². The van der Waals surface area contributed by atoms with Crippen molar-refractivity contribution >= 4 is 10.9 Å². The molecule has 1 fully saturated rings. The molecule has 1 aromatic heterocycles. The van der Waals surface area contributed by atoms with Gasteiger partial charge in [0.15, 0.2) is 0 Å². The smallest absolute Gasteiger partial charge is 0.148 e. The number of pyridine rings is 1. The summed E-state index contributed by atoms with van der Waals surface area (Å²) in [5.74, 6) is 0.139. The van der Waals surface area contributed by atoms with E-state index >= 15 is 0 Å². The first-order valence-electron chi connectivity index (χ1n) is 8.83. The summed E-state index contributed by atoms with van der Waals surface area (Å²) in [6.07, 6.45) is 1.64. The van der Waals surface area contributed by atoms with E-state index in [1.807, 2.05) is 12.1 Å². The first-order chi connectivity index (χ1) is 12.8. The molecule has 1 atom stereocenters. The molecule has 0 radical (unpaired) electrons. The zero-order chi connectivity index (χ0) is 17.8. The lowest BCUT2D eigenvalue weighted by Crippen LogP contribution is -2.44. The van der Waals surface area contributed by atoms with Gasteiger partial charge < -0.3 is 9.47 Å². The van der Waals surface area contributed by atoms with E-state index in [1.165, 1.54) is 17.7 Å². The summed E-state index contributed by atoms with van der Waals surface area (Å²) in [4.78, 5) is 6.67. The van der Waals surface area contributed by atoms with Crippen molar-refractivity contribution < 1.29 is 13.9 Å². The van der Waals surface area contributed by atoms with Crippen LogP contribution >= 0.6 is 0 Å². The Hall–Kier alpha value is -2.50. The molecule has 0 amide bonds. The number of nitrogens with zero attached hydrogens (tertiary/aromatic N) is 2. The zero-order valence-corrected chi connectivity index (χ0v) is 14.5. The highest BCUT2D eigenvalue weighted by Crippen LogP contribution is 2.25. The molecule has 134 valence electrons. The van der Waals surface area contributed by atoms with Crippen LogP contribution in [-0.4, -0.2) is 42.3 Å². The molecule has 0 spiro atoms. The Balaban J connectivity index is 1.40. The Morgan fingerprint density at radius 1 is 1.15 bits per heavy atom. The summed E-state index contributed by atoms with van der Waals surface area (Å²) in [5, 5.41) is 0.734. The van der Waals surface area contributed by atoms with E-state index in [-0.39, 0.29) is 11.9 Å². The molecule has 4 rings (SSSR count). The minimum atomic E-state index is -0.323. The fourth-order valence-electron chi connectivity index (χ4n) is 3.28. The van der Waals surface area contributed by atoms with Crippen LogP contribution in [-0.2, 0) is 11.3 Å². The molecular formula is C21H21FN2O2. The van der Waals surface area contributed by atoms with E-state index < -0.39 is 0 Å². The van der Waals surface area contributed by atoms with Gasteiger partial charge in [0.25, 0.3) is 0 Å². The Morgan fingerprint density at radius 3 is 2.92 bits per heavy atom. The first-order valence-corrected chi connectivity index (χ1v) is 8.83. The standard InChI is InChI=1S/C21H21FN2O2/c22-18-11-17-7-4-8-23-21(17)20(12-18)26-15-19-14-24(9-10-25-19)13-16-5-2-1-3-6-16/h1-8,11-12,19H,9-10,13-15H2/t19-/m0/s1. The molecule has 0 saturated carbocycles. The summed E-state index contributed by atoms with van der Waals surface area (Å²) >= 11 is 0. The SMILES string of the molecule is Fc1cc(OC[C@@H]2CN(Cc3ccccc3)CCO2)c2ncccc2c1. The van der Waals surface area contributed by atoms with E-state index in [0.29, 0.717) is 24.5 Å². The number of aromatic nitrogens is 1. The van der Waals surface area contributed by atoms with Crippen LogP contribution in [0.15, 0.2) is 60.8 Å². The Kier molecular flexibility index (Phi) is 5.09. The predicted octanol–water partition coefficient (Wildman–Crippen LogP) is 3.65. The second-order valence-electron chi connectivity index (χ2n) is 6.50. The quantitative estimate of drug-likeness (QED) is 0.702. The highest BCUT2D eigenvalue weighted by atomic mass is 19.1. The monoisotopic (exact) mass is 352 g/mol. The topological polar surface area (TPSA) is 34.6 Å². The molecule has 2 heterocycles. The van der Waals surface area contributed by atoms with E-state index in [2.05, 4.69) is 34.1 Å². The second-order valence-corrected chi connectivity index (χ2v) is 6.50. The van der Waals surface area contributed by atoms with Crippen LogP contribution in [0, 0.1) is 5.82 Å². The molecule has 3 aromatic rings. The van der Waals surface area contributed by atoms with Gasteiger partial charge in [0.05, 0.1) is 6.61 Å². The molecule has 1 aliphatic heterocycles. The number of rotatable bonds is 5. The van der Waals surface area contributed by atoms with Crippen LogP contribution < -0.4 is 4.74 Å². The lowest BCUT2D eigenvalue weighted by molar-refractivity contribution is -0.0502. The number of hydrogen-bond acceptors (Lipinski definition) is 4. The summed E-state index contributed by atoms with van der Waals surface area (Å²) in [5.41, 5.74) is 1.96. The van der Waals surface area contributed by atoms with Crippen LogP contribution in [0.5, 0.6) is 5.75 Å². The van der Waals surface area contributed by atoms with Crippen molar-refractivity contribution in [1.82, 2.24) is 9.88 Å². The van der Waals surface area contributed by atoms with Gasteiger partial charge in [-0.2, -0.15) is 0 Å². The van der Waals surface area contributed by atoms with Crippen molar-refractivity contribution in [3.8, 4) is 5.75 Å². The van der Waals surface area contributed by atoms with Crippen molar-refractivity contribution in [1.29, 1.82) is 0 Å². The number of halogens is 1. The minimum absolute atomic E-state index is 0.0468. The van der Waals surface area contributed by atoms with Gasteiger partial charge in [-0.05, 0) is 17.7 Å². The Labute approximate surface area is 152 Å². The van der Waals surface area contributed by atoms with Crippen molar-refractivity contribution in [3.63, 3.8) is 0 Å². The molecule has 1 saturated heterocycles. The van der Waals surface area contributed by atoms with Gasteiger partial charge in [0.1, 0.15) is 29.8 Å². The zero-order valence-electron chi connectivity index (χ0n) is 14.5. The molecule has 26 heavy (non-hydrogen) atoms. The fourth-order valence-corrected chi connectivity index (χ4v) is 3.28. The summed E-state index contributed by atoms with van der Waals surface area (Å²) in [6.45, 7) is 3.62. The highest BCUT2D eigenvalue weighted by Gasteiger charge is 2.21. The van der Waals surface area contributed by atoms with Gasteiger partial charge in [-0.25, -0.2) is 4.39 Å². The van der Waals surface area contributed by atoms with Crippen LogP contribution in [0.3, 0.4) is 0 Å². The van der Waals surface area contributed by atoms with Gasteiger partial charge in [0.2, 0.25) is 0 Å². The molecule has 4 nitrogen and oxygen atoms in total. The largest absolute Gasteiger partial charge is 0.488 e. The van der Waals surface area contributed by atoms with Crippen molar-refractivity contribution in [2.75, 3.05) is 26.3 Å². The molecule has 0 bridgehead atoms. The summed E-state index contributed by atoms with van der Waals surface area (Å²) < 4.78 is 25.5. The first kappa shape index (κ1) is 16.9. The number of ether oxygens (including phenoxy) is 2. The van der Waals surface area contributed by atoms with Crippen molar-refractivity contribution in [2.24, 2.45) is 0 Å². The lowest BCUT2D eigenvalue weighted by Gasteiger charge is -2.32. The van der Waals surface area contributed by atoms with Gasteiger partial charge in [-0.1, -0.05) is 36.4 Å². The average molecular weight is 352 g/mol. The van der Waals surface area contributed by atoms with Crippen LogP contribution in [0.1, 0.15) is 5.56 Å². The summed E-state index contributed by atoms with van der Waals surface area (Å²) in [6, 6.07) is 16.9. The Bertz CT molecular complexity index is 872. The maximum absolute atomic E-state index is 13.8. The third kappa shape index (κ3) is 4.00. The normalized spacial score (nSPS) is 18.1. The molecule has 5 heteroatoms. The maximum Gasteiger partial charge on any atom is 0.148 e. The van der Waals surface area contributed by atoms with Gasteiger partial charge in [0, 0.05) is 37.3 Å². The fraction of sp³-hybridized carbons (Fsp3) is 0.286. The molecule has 1 aliphatic rings. The second kappa shape index (κ2) is 7.81. The molecular weight excluding hydrogens is 331 g/mol. The third-order valence-electron chi connectivity index (χ3n) is 4.53. The number of benzene rings is 2. The Morgan fingerprint density at radius 2 is 2.04 bits per heavy atom. The highest BCUT2D eigenvalue weighted by molar-refractivity contribution is 5.84. The van der Waals surface area contributed by atoms with E-state index in [0.717, 1.165) is 25.0 Å². The van der Waals surface area contributed by atoms with Crippen LogP contribution in [0.25, 0.3) is 10.9 Å². The molecule has 0 aliphatic carbocycles. The molecule has 0 N–H and O–H groups in total. The predicted molar refractivity (Wildman–Crippen MR) is 98.7 cm³/mol. The van der Waals surface area contributed by atoms with Crippen molar-refractivity contribution in [2.45, 2.75) is 12.6 Å². The average Bonchev–Trinajstić information content (AvgIpc) is 2.67. The van der Waals surface area contributed by atoms with Crippen molar-refractivity contribution in [3.05, 3.63) is 72.2 Å². The maximum atomic E-state index is 13.8. The van der Waals surface area contributed by atoms with E-state index in [1.54, 1.807) is 12.3 Å². The summed E-state index contributed by atoms with van der Waals surface area (Å²) in [7, 11) is 0. The van der Waals surface area contributed by atoms with Crippen LogP contribution in [0.2, 0.25) is 0 Å². The van der Waals surface area contributed by atoms with E-state index in [9.17, 15) is 4.39 Å². The number of fused-ring (bicyclic) bond motifs is 1. The van der Waals surface area contributed by atoms with Gasteiger partial charge in [-0.15, -0.1) is 0 Å². The van der Waals surface area contributed by atoms with Gasteiger partial charge >= 0.3 is 0 Å².